The molecule has 0 aliphatic heterocycles. The maximum absolute atomic E-state index is 12.7. The van der Waals surface area contributed by atoms with Crippen molar-refractivity contribution < 1.29 is 4.79 Å². The number of nitrogens with zero attached hydrogens (tertiary/aromatic N) is 2. The molecule has 0 aliphatic carbocycles. The molecule has 0 spiro atoms. The van der Waals surface area contributed by atoms with Crippen LogP contribution >= 0.6 is 0 Å². The van der Waals surface area contributed by atoms with Crippen LogP contribution in [0.1, 0.15) is 27.0 Å². The summed E-state index contributed by atoms with van der Waals surface area (Å²) in [4.78, 5) is 29.3. The number of carbonyl (C=O) groups excluding carboxylic acids is 1. The normalized spacial score (nSPS) is 10.5. The first-order valence-electron chi connectivity index (χ1n) is 8.02. The van der Waals surface area contributed by atoms with E-state index in [-0.39, 0.29) is 11.1 Å². The van der Waals surface area contributed by atoms with Gasteiger partial charge < -0.3 is 9.88 Å². The molecule has 5 heteroatoms. The van der Waals surface area contributed by atoms with Gasteiger partial charge in [-0.15, -0.1) is 0 Å². The number of rotatable bonds is 4. The van der Waals surface area contributed by atoms with Crippen LogP contribution in [0.4, 0.5) is 5.82 Å². The first kappa shape index (κ1) is 16.6. The van der Waals surface area contributed by atoms with Gasteiger partial charge in [0.05, 0.1) is 6.54 Å². The van der Waals surface area contributed by atoms with Gasteiger partial charge in [-0.1, -0.05) is 35.9 Å². The van der Waals surface area contributed by atoms with E-state index >= 15 is 0 Å². The molecule has 3 aromatic rings. The van der Waals surface area contributed by atoms with E-state index in [9.17, 15) is 9.59 Å². The number of pyridine rings is 2. The Morgan fingerprint density at radius 1 is 1.12 bits per heavy atom. The van der Waals surface area contributed by atoms with Gasteiger partial charge >= 0.3 is 0 Å². The molecular weight excluding hydrogens is 314 g/mol. The number of benzene rings is 1. The van der Waals surface area contributed by atoms with Gasteiger partial charge in [0.2, 0.25) is 0 Å². The number of amides is 1. The van der Waals surface area contributed by atoms with E-state index < -0.39 is 5.91 Å². The van der Waals surface area contributed by atoms with Crippen molar-refractivity contribution in [2.45, 2.75) is 20.4 Å². The summed E-state index contributed by atoms with van der Waals surface area (Å²) in [6.07, 6.45) is 3.29. The van der Waals surface area contributed by atoms with Crippen molar-refractivity contribution in [2.75, 3.05) is 5.32 Å². The van der Waals surface area contributed by atoms with Gasteiger partial charge in [0, 0.05) is 12.4 Å². The zero-order valence-corrected chi connectivity index (χ0v) is 14.2. The Bertz CT molecular complexity index is 976. The first-order valence-corrected chi connectivity index (χ1v) is 8.02. The van der Waals surface area contributed by atoms with Crippen LogP contribution in [0, 0.1) is 13.8 Å². The molecule has 0 bridgehead atoms. The highest BCUT2D eigenvalue weighted by Gasteiger charge is 2.14. The zero-order valence-electron chi connectivity index (χ0n) is 14.2. The predicted molar refractivity (Wildman–Crippen MR) is 97.9 cm³/mol. The summed E-state index contributed by atoms with van der Waals surface area (Å²) in [5.41, 5.74) is 2.76. The Morgan fingerprint density at radius 2 is 1.96 bits per heavy atom. The zero-order chi connectivity index (χ0) is 17.8. The van der Waals surface area contributed by atoms with Gasteiger partial charge in [0.1, 0.15) is 11.4 Å². The van der Waals surface area contributed by atoms with E-state index in [1.807, 2.05) is 44.2 Å². The minimum Gasteiger partial charge on any atom is -0.310 e. The smallest absolute Gasteiger partial charge is 0.263 e. The highest BCUT2D eigenvalue weighted by molar-refractivity contribution is 6.03. The lowest BCUT2D eigenvalue weighted by atomic mass is 10.1. The lowest BCUT2D eigenvalue weighted by Crippen LogP contribution is -2.29. The van der Waals surface area contributed by atoms with Crippen LogP contribution in [-0.4, -0.2) is 15.5 Å². The van der Waals surface area contributed by atoms with Crippen molar-refractivity contribution >= 4 is 11.7 Å². The highest BCUT2D eigenvalue weighted by atomic mass is 16.2. The van der Waals surface area contributed by atoms with Crippen molar-refractivity contribution in [1.82, 2.24) is 9.55 Å². The molecular formula is C20H19N3O2. The first-order chi connectivity index (χ1) is 12.0. The molecule has 1 N–H and O–H groups in total. The minimum atomic E-state index is -0.453. The second-order valence-electron chi connectivity index (χ2n) is 5.97. The number of anilines is 1. The van der Waals surface area contributed by atoms with Crippen molar-refractivity contribution in [2.24, 2.45) is 0 Å². The standard InChI is InChI=1S/C20H19N3O2/c1-14-6-3-8-16(12-14)13-23-11-5-9-17(20(23)25)19(24)22-18-15(2)7-4-10-21-18/h3-12H,13H2,1-2H3,(H,21,22,24). The number of hydrogen-bond donors (Lipinski definition) is 1. The van der Waals surface area contributed by atoms with E-state index in [0.717, 1.165) is 16.7 Å². The van der Waals surface area contributed by atoms with Gasteiger partial charge in [0.25, 0.3) is 11.5 Å². The van der Waals surface area contributed by atoms with Crippen molar-refractivity contribution in [1.29, 1.82) is 0 Å². The average molecular weight is 333 g/mol. The third-order valence-corrected chi connectivity index (χ3v) is 3.94. The van der Waals surface area contributed by atoms with Gasteiger partial charge in [-0.2, -0.15) is 0 Å². The average Bonchev–Trinajstić information content (AvgIpc) is 2.59. The van der Waals surface area contributed by atoms with Crippen LogP contribution in [0.5, 0.6) is 0 Å². The van der Waals surface area contributed by atoms with Crippen LogP contribution in [0.2, 0.25) is 0 Å². The molecule has 5 nitrogen and oxygen atoms in total. The largest absolute Gasteiger partial charge is 0.310 e. The maximum atomic E-state index is 12.7. The van der Waals surface area contributed by atoms with Crippen molar-refractivity contribution in [3.63, 3.8) is 0 Å². The van der Waals surface area contributed by atoms with Crippen molar-refractivity contribution in [3.05, 3.63) is 93.5 Å². The molecule has 0 radical (unpaired) electrons. The molecule has 1 aromatic carbocycles. The summed E-state index contributed by atoms with van der Waals surface area (Å²) < 4.78 is 1.54. The summed E-state index contributed by atoms with van der Waals surface area (Å²) in [7, 11) is 0. The van der Waals surface area contributed by atoms with Crippen molar-refractivity contribution in [3.8, 4) is 0 Å². The Kier molecular flexibility index (Phi) is 4.75. The Hall–Kier alpha value is -3.21. The molecule has 2 aromatic heterocycles. The molecule has 0 aliphatic rings. The minimum absolute atomic E-state index is 0.0974. The third-order valence-electron chi connectivity index (χ3n) is 3.94. The second-order valence-corrected chi connectivity index (χ2v) is 5.97. The molecule has 25 heavy (non-hydrogen) atoms. The lowest BCUT2D eigenvalue weighted by molar-refractivity contribution is 0.102. The third kappa shape index (κ3) is 3.83. The Balaban J connectivity index is 1.87. The molecule has 1 amide bonds. The fourth-order valence-electron chi connectivity index (χ4n) is 2.63. The Labute approximate surface area is 146 Å². The number of aryl methyl sites for hydroxylation is 2. The monoisotopic (exact) mass is 333 g/mol. The van der Waals surface area contributed by atoms with E-state index in [0.29, 0.717) is 12.4 Å². The molecule has 0 unspecified atom stereocenters. The summed E-state index contributed by atoms with van der Waals surface area (Å²) >= 11 is 0. The quantitative estimate of drug-likeness (QED) is 0.798. The number of nitrogens with one attached hydrogen (secondary N) is 1. The number of hydrogen-bond acceptors (Lipinski definition) is 3. The second kappa shape index (κ2) is 7.13. The van der Waals surface area contributed by atoms with E-state index in [2.05, 4.69) is 10.3 Å². The molecule has 0 fully saturated rings. The van der Waals surface area contributed by atoms with Crippen LogP contribution in [0.25, 0.3) is 0 Å². The fraction of sp³-hybridized carbons (Fsp3) is 0.150. The van der Waals surface area contributed by atoms with E-state index in [1.165, 1.54) is 10.6 Å². The molecule has 3 rings (SSSR count). The molecule has 2 heterocycles. The summed E-state index contributed by atoms with van der Waals surface area (Å²) in [5.74, 6) is 0.00591. The van der Waals surface area contributed by atoms with Gasteiger partial charge in [0.15, 0.2) is 0 Å². The van der Waals surface area contributed by atoms with Crippen LogP contribution in [0.3, 0.4) is 0 Å². The topological polar surface area (TPSA) is 64.0 Å². The van der Waals surface area contributed by atoms with Crippen LogP contribution in [0.15, 0.2) is 65.7 Å². The van der Waals surface area contributed by atoms with Gasteiger partial charge in [-0.05, 0) is 43.2 Å². The Morgan fingerprint density at radius 3 is 2.72 bits per heavy atom. The predicted octanol–water partition coefficient (Wildman–Crippen LogP) is 3.16. The SMILES string of the molecule is Cc1cccc(Cn2cccc(C(=O)Nc3ncccc3C)c2=O)c1. The van der Waals surface area contributed by atoms with E-state index in [4.69, 9.17) is 0 Å². The molecule has 0 saturated heterocycles. The van der Waals surface area contributed by atoms with Gasteiger partial charge in [-0.3, -0.25) is 9.59 Å². The highest BCUT2D eigenvalue weighted by Crippen LogP contribution is 2.10. The number of carbonyl (C=O) groups is 1. The summed E-state index contributed by atoms with van der Waals surface area (Å²) in [6.45, 7) is 4.28. The summed E-state index contributed by atoms with van der Waals surface area (Å²) in [6, 6.07) is 14.8. The van der Waals surface area contributed by atoms with Gasteiger partial charge in [-0.25, -0.2) is 4.98 Å². The van der Waals surface area contributed by atoms with Crippen LogP contribution in [-0.2, 0) is 6.54 Å². The maximum Gasteiger partial charge on any atom is 0.263 e. The molecule has 126 valence electrons. The van der Waals surface area contributed by atoms with Crippen LogP contribution < -0.4 is 10.9 Å². The number of aromatic nitrogens is 2. The molecule has 0 atom stereocenters. The van der Waals surface area contributed by atoms with E-state index in [1.54, 1.807) is 24.5 Å². The molecule has 0 saturated carbocycles. The fourth-order valence-corrected chi connectivity index (χ4v) is 2.63. The summed E-state index contributed by atoms with van der Waals surface area (Å²) in [5, 5.41) is 2.70. The lowest BCUT2D eigenvalue weighted by Gasteiger charge is -2.10.